The number of nitrogens with one attached hydrogen (secondary N) is 1. The number of ether oxygens (including phenoxy) is 1. The Kier molecular flexibility index (Phi) is 5.92. The van der Waals surface area contributed by atoms with Gasteiger partial charge in [-0.3, -0.25) is 4.90 Å². The van der Waals surface area contributed by atoms with Gasteiger partial charge in [0.25, 0.3) is 0 Å². The minimum atomic E-state index is -0.298. The van der Waals surface area contributed by atoms with Gasteiger partial charge in [-0.05, 0) is 56.2 Å². The summed E-state index contributed by atoms with van der Waals surface area (Å²) in [4.78, 5) is 24.9. The third-order valence-corrected chi connectivity index (χ3v) is 6.71. The third-order valence-electron chi connectivity index (χ3n) is 5.82. The predicted octanol–water partition coefficient (Wildman–Crippen LogP) is 3.83. The summed E-state index contributed by atoms with van der Waals surface area (Å²) >= 11 is 1.72. The van der Waals surface area contributed by atoms with Crippen LogP contribution in [0.15, 0.2) is 23.6 Å². The molecular weight excluding hydrogens is 372 g/mol. The van der Waals surface area contributed by atoms with E-state index in [9.17, 15) is 4.79 Å². The topological polar surface area (TPSA) is 67.3 Å². The number of alkyl carbamates (subject to hydrolysis) is 1. The first-order chi connectivity index (χ1) is 13.6. The first-order valence-corrected chi connectivity index (χ1v) is 11.1. The Balaban J connectivity index is 1.43. The van der Waals surface area contributed by atoms with Crippen LogP contribution in [-0.4, -0.2) is 53.2 Å². The number of rotatable bonds is 6. The standard InChI is InChI=1S/C21H28N4O2S/c1-3-7-22-21(26)27-13-16-10-15-6-8-25(16)12-17(15)18-11-19(24-14(2)23-18)20-5-4-9-28-20/h4-5,9,11,15-17H,3,6-8,10,12-13H2,1-2H3,(H,22,26)/t15-,16-,17+/m1/s1. The molecule has 3 aliphatic rings. The van der Waals surface area contributed by atoms with Crippen molar-refractivity contribution in [2.45, 2.75) is 45.1 Å². The summed E-state index contributed by atoms with van der Waals surface area (Å²) in [6, 6.07) is 6.67. The lowest BCUT2D eigenvalue weighted by Crippen LogP contribution is -2.54. The fraction of sp³-hybridized carbons (Fsp3) is 0.571. The molecular formula is C21H28N4O2S. The van der Waals surface area contributed by atoms with Gasteiger partial charge in [0.1, 0.15) is 12.4 Å². The van der Waals surface area contributed by atoms with E-state index in [0.717, 1.165) is 43.1 Å². The molecule has 3 fully saturated rings. The van der Waals surface area contributed by atoms with Crippen molar-refractivity contribution in [1.29, 1.82) is 0 Å². The zero-order chi connectivity index (χ0) is 19.5. The van der Waals surface area contributed by atoms with E-state index in [1.54, 1.807) is 11.3 Å². The molecule has 3 aliphatic heterocycles. The van der Waals surface area contributed by atoms with Crippen molar-refractivity contribution in [3.63, 3.8) is 0 Å². The summed E-state index contributed by atoms with van der Waals surface area (Å²) in [5.41, 5.74) is 2.19. The van der Waals surface area contributed by atoms with Crippen molar-refractivity contribution in [2.24, 2.45) is 5.92 Å². The number of carbonyl (C=O) groups excluding carboxylic acids is 1. The highest BCUT2D eigenvalue weighted by Crippen LogP contribution is 2.42. The number of hydrogen-bond donors (Lipinski definition) is 1. The van der Waals surface area contributed by atoms with Crippen molar-refractivity contribution < 1.29 is 9.53 Å². The lowest BCUT2D eigenvalue weighted by Gasteiger charge is -2.49. The largest absolute Gasteiger partial charge is 0.448 e. The van der Waals surface area contributed by atoms with Crippen LogP contribution in [0, 0.1) is 12.8 Å². The highest BCUT2D eigenvalue weighted by Gasteiger charge is 2.41. The second-order valence-electron chi connectivity index (χ2n) is 7.77. The fourth-order valence-electron chi connectivity index (χ4n) is 4.43. The Morgan fingerprint density at radius 2 is 2.32 bits per heavy atom. The van der Waals surface area contributed by atoms with E-state index >= 15 is 0 Å². The average molecular weight is 401 g/mol. The molecule has 4 atom stereocenters. The van der Waals surface area contributed by atoms with Crippen molar-refractivity contribution >= 4 is 17.4 Å². The van der Waals surface area contributed by atoms with Crippen molar-refractivity contribution in [1.82, 2.24) is 20.2 Å². The Morgan fingerprint density at radius 3 is 3.04 bits per heavy atom. The monoisotopic (exact) mass is 400 g/mol. The molecule has 1 amide bonds. The third kappa shape index (κ3) is 4.20. The van der Waals surface area contributed by atoms with Crippen LogP contribution in [0.2, 0.25) is 0 Å². The molecule has 0 spiro atoms. The van der Waals surface area contributed by atoms with E-state index in [4.69, 9.17) is 9.72 Å². The van der Waals surface area contributed by atoms with Crippen LogP contribution in [0.5, 0.6) is 0 Å². The first kappa shape index (κ1) is 19.3. The Labute approximate surface area is 170 Å². The molecule has 7 heteroatoms. The summed E-state index contributed by atoms with van der Waals surface area (Å²) in [5.74, 6) is 1.85. The molecule has 2 aromatic heterocycles. The quantitative estimate of drug-likeness (QED) is 0.798. The summed E-state index contributed by atoms with van der Waals surface area (Å²) < 4.78 is 5.45. The van der Waals surface area contributed by atoms with Crippen molar-refractivity contribution in [2.75, 3.05) is 26.2 Å². The van der Waals surface area contributed by atoms with Gasteiger partial charge in [0.05, 0.1) is 10.6 Å². The highest BCUT2D eigenvalue weighted by molar-refractivity contribution is 7.13. The molecule has 28 heavy (non-hydrogen) atoms. The van der Waals surface area contributed by atoms with Crippen LogP contribution < -0.4 is 5.32 Å². The summed E-state index contributed by atoms with van der Waals surface area (Å²) in [5, 5.41) is 4.87. The van der Waals surface area contributed by atoms with E-state index in [2.05, 4.69) is 38.8 Å². The minimum absolute atomic E-state index is 0.298. The molecule has 1 N–H and O–H groups in total. The van der Waals surface area contributed by atoms with Crippen molar-refractivity contribution in [3.8, 4) is 10.6 Å². The maximum atomic E-state index is 11.8. The highest BCUT2D eigenvalue weighted by atomic mass is 32.1. The molecule has 5 heterocycles. The minimum Gasteiger partial charge on any atom is -0.448 e. The summed E-state index contributed by atoms with van der Waals surface area (Å²) in [6.07, 6.45) is 2.86. The van der Waals surface area contributed by atoms with E-state index < -0.39 is 0 Å². The molecule has 6 nitrogen and oxygen atoms in total. The Morgan fingerprint density at radius 1 is 1.43 bits per heavy atom. The lowest BCUT2D eigenvalue weighted by atomic mass is 9.74. The molecule has 3 saturated heterocycles. The molecule has 150 valence electrons. The van der Waals surface area contributed by atoms with Gasteiger partial charge in [-0.25, -0.2) is 14.8 Å². The zero-order valence-corrected chi connectivity index (χ0v) is 17.4. The van der Waals surface area contributed by atoms with E-state index in [-0.39, 0.29) is 6.09 Å². The predicted molar refractivity (Wildman–Crippen MR) is 111 cm³/mol. The number of thiophene rings is 1. The maximum absolute atomic E-state index is 11.8. The van der Waals surface area contributed by atoms with Gasteiger partial charge in [0.2, 0.25) is 0 Å². The molecule has 5 rings (SSSR count). The number of carbonyl (C=O) groups is 1. The first-order valence-electron chi connectivity index (χ1n) is 10.2. The molecule has 2 aromatic rings. The number of hydrogen-bond acceptors (Lipinski definition) is 6. The van der Waals surface area contributed by atoms with Crippen LogP contribution in [0.1, 0.15) is 43.6 Å². The molecule has 0 aliphatic carbocycles. The molecule has 0 aromatic carbocycles. The van der Waals surface area contributed by atoms with Gasteiger partial charge in [0, 0.05) is 30.7 Å². The SMILES string of the molecule is CCCNC(=O)OC[C@H]1C[C@H]2CCN1C[C@@H]2c1cc(-c2cccs2)nc(C)n1. The maximum Gasteiger partial charge on any atom is 0.407 e. The van der Waals surface area contributed by atoms with Crippen LogP contribution in [-0.2, 0) is 4.74 Å². The van der Waals surface area contributed by atoms with Gasteiger partial charge in [0.15, 0.2) is 0 Å². The van der Waals surface area contributed by atoms with Gasteiger partial charge in [-0.1, -0.05) is 13.0 Å². The van der Waals surface area contributed by atoms with Crippen molar-refractivity contribution in [3.05, 3.63) is 35.1 Å². The van der Waals surface area contributed by atoms with E-state index in [1.165, 1.54) is 11.3 Å². The molecule has 1 unspecified atom stereocenters. The number of nitrogens with zero attached hydrogens (tertiary/aromatic N) is 3. The van der Waals surface area contributed by atoms with Crippen LogP contribution >= 0.6 is 11.3 Å². The van der Waals surface area contributed by atoms with Gasteiger partial charge in [-0.2, -0.15) is 0 Å². The van der Waals surface area contributed by atoms with E-state index in [0.29, 0.717) is 31.0 Å². The van der Waals surface area contributed by atoms with Gasteiger partial charge >= 0.3 is 6.09 Å². The number of piperidine rings is 3. The second kappa shape index (κ2) is 8.57. The molecule has 2 bridgehead atoms. The molecule has 0 radical (unpaired) electrons. The normalized spacial score (nSPS) is 26.2. The van der Waals surface area contributed by atoms with Gasteiger partial charge in [-0.15, -0.1) is 11.3 Å². The molecule has 0 saturated carbocycles. The number of aromatic nitrogens is 2. The Hall–Kier alpha value is -1.99. The Bertz CT molecular complexity index is 811. The summed E-state index contributed by atoms with van der Waals surface area (Å²) in [6.45, 7) is 7.21. The lowest BCUT2D eigenvalue weighted by molar-refractivity contribution is -0.00346. The summed E-state index contributed by atoms with van der Waals surface area (Å²) in [7, 11) is 0. The van der Waals surface area contributed by atoms with Gasteiger partial charge < -0.3 is 10.1 Å². The average Bonchev–Trinajstić information content (AvgIpc) is 3.25. The van der Waals surface area contributed by atoms with E-state index in [1.807, 2.05) is 13.8 Å². The fourth-order valence-corrected chi connectivity index (χ4v) is 5.11. The zero-order valence-electron chi connectivity index (χ0n) is 16.6. The smallest absolute Gasteiger partial charge is 0.407 e. The number of aryl methyl sites for hydroxylation is 1. The second-order valence-corrected chi connectivity index (χ2v) is 8.72. The van der Waals surface area contributed by atoms with Crippen LogP contribution in [0.3, 0.4) is 0 Å². The van der Waals surface area contributed by atoms with Crippen LogP contribution in [0.4, 0.5) is 4.79 Å². The number of fused-ring (bicyclic) bond motifs is 3. The van der Waals surface area contributed by atoms with Crippen LogP contribution in [0.25, 0.3) is 10.6 Å². The number of amides is 1.